The number of para-hydroxylation sites is 1. The molecule has 4 heterocycles. The van der Waals surface area contributed by atoms with Crippen LogP contribution in [0.15, 0.2) is 79.4 Å². The van der Waals surface area contributed by atoms with E-state index in [1.165, 1.54) is 0 Å². The topological polar surface area (TPSA) is 91.3 Å². The number of anilines is 1. The van der Waals surface area contributed by atoms with Gasteiger partial charge >= 0.3 is 0 Å². The highest BCUT2D eigenvalue weighted by atomic mass is 16.5. The number of imidazole rings is 1. The predicted octanol–water partition coefficient (Wildman–Crippen LogP) is 4.91. The molecular weight excluding hydrogens is 476 g/mol. The summed E-state index contributed by atoms with van der Waals surface area (Å²) < 4.78 is 12.9. The normalized spacial score (nSPS) is 15.3. The number of ether oxygens (including phenoxy) is 2. The second kappa shape index (κ2) is 10.8. The van der Waals surface area contributed by atoms with Crippen LogP contribution in [0.3, 0.4) is 0 Å². The largest absolute Gasteiger partial charge is 0.491 e. The van der Waals surface area contributed by atoms with Gasteiger partial charge in [0.25, 0.3) is 0 Å². The standard InChI is InChI=1S/C30H32N6O2/c1-37-16-17-38-24-8-9-26-25(18-24)33-20-36(26)28-10-7-22-4-2-6-27(30(22)34-28)35-14-11-21(12-15-35)29(31)23-5-3-13-32-19-23/h2-10,13,18-21,29H,11-12,14-17,31H2,1H3. The summed E-state index contributed by atoms with van der Waals surface area (Å²) in [6.45, 7) is 2.95. The van der Waals surface area contributed by atoms with Crippen LogP contribution in [0, 0.1) is 5.92 Å². The second-order valence-corrected chi connectivity index (χ2v) is 9.76. The Kier molecular flexibility index (Phi) is 6.90. The lowest BCUT2D eigenvalue weighted by atomic mass is 9.86. The minimum Gasteiger partial charge on any atom is -0.491 e. The Balaban J connectivity index is 1.24. The second-order valence-electron chi connectivity index (χ2n) is 9.76. The lowest BCUT2D eigenvalue weighted by Gasteiger charge is -2.36. The Morgan fingerprint density at radius 2 is 1.92 bits per heavy atom. The van der Waals surface area contributed by atoms with Crippen LogP contribution in [0.5, 0.6) is 5.75 Å². The quantitative estimate of drug-likeness (QED) is 0.298. The highest BCUT2D eigenvalue weighted by molar-refractivity contribution is 5.92. The van der Waals surface area contributed by atoms with E-state index in [4.69, 9.17) is 20.2 Å². The molecule has 1 fully saturated rings. The van der Waals surface area contributed by atoms with Crippen molar-refractivity contribution in [1.29, 1.82) is 0 Å². The maximum absolute atomic E-state index is 6.61. The van der Waals surface area contributed by atoms with Gasteiger partial charge in [0.2, 0.25) is 0 Å². The molecule has 1 aliphatic rings. The average Bonchev–Trinajstić information content (AvgIpc) is 3.40. The number of pyridine rings is 2. The molecule has 0 saturated carbocycles. The van der Waals surface area contributed by atoms with Gasteiger partial charge in [-0.1, -0.05) is 18.2 Å². The van der Waals surface area contributed by atoms with Crippen molar-refractivity contribution in [3.8, 4) is 11.6 Å². The van der Waals surface area contributed by atoms with E-state index in [9.17, 15) is 0 Å². The van der Waals surface area contributed by atoms with Gasteiger partial charge in [0.15, 0.2) is 0 Å². The molecule has 5 aromatic rings. The summed E-state index contributed by atoms with van der Waals surface area (Å²) in [6, 6.07) is 20.6. The zero-order valence-electron chi connectivity index (χ0n) is 21.5. The Labute approximate surface area is 222 Å². The summed E-state index contributed by atoms with van der Waals surface area (Å²) in [4.78, 5) is 16.4. The first-order valence-electron chi connectivity index (χ1n) is 13.1. The van der Waals surface area contributed by atoms with Gasteiger partial charge in [0, 0.05) is 50.1 Å². The maximum atomic E-state index is 6.61. The average molecular weight is 509 g/mol. The zero-order valence-corrected chi connectivity index (χ0v) is 21.5. The van der Waals surface area contributed by atoms with Gasteiger partial charge in [-0.05, 0) is 60.7 Å². The first-order chi connectivity index (χ1) is 18.7. The van der Waals surface area contributed by atoms with Gasteiger partial charge in [-0.3, -0.25) is 9.55 Å². The highest BCUT2D eigenvalue weighted by Gasteiger charge is 2.26. The van der Waals surface area contributed by atoms with Crippen LogP contribution in [0.1, 0.15) is 24.4 Å². The number of piperidine rings is 1. The van der Waals surface area contributed by atoms with Crippen LogP contribution in [0.2, 0.25) is 0 Å². The third-order valence-electron chi connectivity index (χ3n) is 7.46. The molecule has 1 unspecified atom stereocenters. The van der Waals surface area contributed by atoms with Crippen LogP contribution in [0.25, 0.3) is 27.8 Å². The number of benzene rings is 2. The van der Waals surface area contributed by atoms with Crippen LogP contribution >= 0.6 is 0 Å². The fourth-order valence-corrected chi connectivity index (χ4v) is 5.36. The van der Waals surface area contributed by atoms with Crippen molar-refractivity contribution in [2.24, 2.45) is 11.7 Å². The first-order valence-corrected chi connectivity index (χ1v) is 13.1. The van der Waals surface area contributed by atoms with Gasteiger partial charge in [-0.2, -0.15) is 0 Å². The fourth-order valence-electron chi connectivity index (χ4n) is 5.36. The van der Waals surface area contributed by atoms with E-state index in [-0.39, 0.29) is 6.04 Å². The van der Waals surface area contributed by atoms with E-state index in [1.54, 1.807) is 13.3 Å². The summed E-state index contributed by atoms with van der Waals surface area (Å²) in [5, 5.41) is 1.12. The summed E-state index contributed by atoms with van der Waals surface area (Å²) in [6.07, 6.45) is 7.58. The van der Waals surface area contributed by atoms with E-state index >= 15 is 0 Å². The molecule has 2 N–H and O–H groups in total. The van der Waals surface area contributed by atoms with Crippen molar-refractivity contribution >= 4 is 27.6 Å². The van der Waals surface area contributed by atoms with E-state index < -0.39 is 0 Å². The SMILES string of the molecule is COCCOc1ccc2c(c1)ncn2-c1ccc2cccc(N3CCC(C(N)c4cccnc4)CC3)c2n1. The van der Waals surface area contributed by atoms with E-state index in [0.717, 1.165) is 70.7 Å². The lowest BCUT2D eigenvalue weighted by molar-refractivity contribution is 0.146. The third-order valence-corrected chi connectivity index (χ3v) is 7.46. The number of hydrogen-bond acceptors (Lipinski definition) is 7. The minimum absolute atomic E-state index is 0.0171. The van der Waals surface area contributed by atoms with Crippen molar-refractivity contribution in [2.75, 3.05) is 38.3 Å². The molecule has 0 aliphatic carbocycles. The van der Waals surface area contributed by atoms with Gasteiger partial charge in [0.05, 0.1) is 28.8 Å². The van der Waals surface area contributed by atoms with Crippen LogP contribution < -0.4 is 15.4 Å². The Morgan fingerprint density at radius 3 is 2.74 bits per heavy atom. The number of hydrogen-bond donors (Lipinski definition) is 1. The third kappa shape index (κ3) is 4.80. The fraction of sp³-hybridized carbons (Fsp3) is 0.300. The van der Waals surface area contributed by atoms with E-state index in [0.29, 0.717) is 19.1 Å². The highest BCUT2D eigenvalue weighted by Crippen LogP contribution is 2.34. The van der Waals surface area contributed by atoms with E-state index in [2.05, 4.69) is 51.3 Å². The number of aromatic nitrogens is 4. The van der Waals surface area contributed by atoms with Crippen molar-refractivity contribution in [3.63, 3.8) is 0 Å². The first kappa shape index (κ1) is 24.3. The monoisotopic (exact) mass is 508 g/mol. The molecule has 1 atom stereocenters. The van der Waals surface area contributed by atoms with Crippen molar-refractivity contribution < 1.29 is 9.47 Å². The predicted molar refractivity (Wildman–Crippen MR) is 150 cm³/mol. The molecule has 1 saturated heterocycles. The summed E-state index contributed by atoms with van der Waals surface area (Å²) >= 11 is 0. The molecule has 0 bridgehead atoms. The van der Waals surface area contributed by atoms with Crippen molar-refractivity contribution in [1.82, 2.24) is 19.5 Å². The number of nitrogens with two attached hydrogens (primary N) is 1. The van der Waals surface area contributed by atoms with Gasteiger partial charge in [0.1, 0.15) is 24.5 Å². The molecule has 0 amide bonds. The smallest absolute Gasteiger partial charge is 0.139 e. The van der Waals surface area contributed by atoms with Crippen LogP contribution in [0.4, 0.5) is 5.69 Å². The lowest BCUT2D eigenvalue weighted by Crippen LogP contribution is -2.37. The summed E-state index contributed by atoms with van der Waals surface area (Å²) in [5.74, 6) is 2.06. The molecule has 8 heteroatoms. The number of nitrogens with zero attached hydrogens (tertiary/aromatic N) is 5. The van der Waals surface area contributed by atoms with Gasteiger partial charge in [-0.15, -0.1) is 0 Å². The summed E-state index contributed by atoms with van der Waals surface area (Å²) in [7, 11) is 1.66. The number of rotatable bonds is 8. The molecular formula is C30H32N6O2. The van der Waals surface area contributed by atoms with E-state index in [1.807, 2.05) is 41.4 Å². The Bertz CT molecular complexity index is 1530. The number of fused-ring (bicyclic) bond motifs is 2. The molecule has 2 aromatic carbocycles. The molecule has 38 heavy (non-hydrogen) atoms. The molecule has 3 aromatic heterocycles. The Morgan fingerprint density at radius 1 is 1.03 bits per heavy atom. The van der Waals surface area contributed by atoms with Gasteiger partial charge in [-0.25, -0.2) is 9.97 Å². The molecule has 194 valence electrons. The minimum atomic E-state index is 0.0171. The van der Waals surface area contributed by atoms with Crippen LogP contribution in [-0.4, -0.2) is 52.9 Å². The zero-order chi connectivity index (χ0) is 25.9. The molecule has 0 radical (unpaired) electrons. The molecule has 6 rings (SSSR count). The molecule has 8 nitrogen and oxygen atoms in total. The number of methoxy groups -OCH3 is 1. The van der Waals surface area contributed by atoms with Gasteiger partial charge < -0.3 is 20.1 Å². The van der Waals surface area contributed by atoms with Crippen molar-refractivity contribution in [3.05, 3.63) is 84.9 Å². The Hall–Kier alpha value is -4.01. The van der Waals surface area contributed by atoms with Crippen molar-refractivity contribution in [2.45, 2.75) is 18.9 Å². The van der Waals surface area contributed by atoms with Crippen LogP contribution in [-0.2, 0) is 4.74 Å². The summed E-state index contributed by atoms with van der Waals surface area (Å²) in [5.41, 5.74) is 11.7. The molecule has 1 aliphatic heterocycles. The maximum Gasteiger partial charge on any atom is 0.139 e. The molecule has 0 spiro atoms.